The number of fused-ring (bicyclic) bond motifs is 2. The Morgan fingerprint density at radius 1 is 0.396 bits per heavy atom. The van der Waals surface area contributed by atoms with Crippen LogP contribution in [0.2, 0.25) is 0 Å². The summed E-state index contributed by atoms with van der Waals surface area (Å²) in [5.74, 6) is 0. The molecular weight excluding hydrogens is 592 g/mol. The Bertz CT molecular complexity index is 2490. The number of aromatic nitrogens is 2. The van der Waals surface area contributed by atoms with Crippen LogP contribution in [0.4, 0.5) is 34.8 Å². The third-order valence-corrected chi connectivity index (χ3v) is 9.04. The smallest absolute Gasteiger partial charge is 0.307 e. The SMILES string of the molecule is c1ccc(N(c2nc3ccccc3o2)c2cc3cccc4c(N(c5ccccc5)c5nc6ccccc6o5)cc5cccc2c5c34)cc1. The average Bonchev–Trinajstić information content (AvgIpc) is 3.77. The predicted molar refractivity (Wildman–Crippen MR) is 195 cm³/mol. The third-order valence-electron chi connectivity index (χ3n) is 9.04. The van der Waals surface area contributed by atoms with E-state index in [4.69, 9.17) is 18.8 Å². The van der Waals surface area contributed by atoms with Gasteiger partial charge in [0.05, 0.1) is 22.7 Å². The number of nitrogens with zero attached hydrogens (tertiary/aromatic N) is 4. The van der Waals surface area contributed by atoms with Crippen molar-refractivity contribution >= 4 is 89.3 Å². The molecular formula is C42H26N4O2. The van der Waals surface area contributed by atoms with E-state index in [1.54, 1.807) is 0 Å². The average molecular weight is 619 g/mol. The lowest BCUT2D eigenvalue weighted by Crippen LogP contribution is -2.12. The highest BCUT2D eigenvalue weighted by molar-refractivity contribution is 6.29. The number of para-hydroxylation sites is 6. The molecule has 6 nitrogen and oxygen atoms in total. The Balaban J connectivity index is 1.26. The first-order chi connectivity index (χ1) is 23.8. The van der Waals surface area contributed by atoms with Crippen molar-refractivity contribution < 1.29 is 8.83 Å². The van der Waals surface area contributed by atoms with Crippen LogP contribution < -0.4 is 9.80 Å². The molecule has 0 fully saturated rings. The summed E-state index contributed by atoms with van der Waals surface area (Å²) in [5, 5.41) is 6.76. The summed E-state index contributed by atoms with van der Waals surface area (Å²) >= 11 is 0. The van der Waals surface area contributed by atoms with E-state index in [1.807, 2.05) is 84.9 Å². The zero-order valence-corrected chi connectivity index (χ0v) is 25.6. The van der Waals surface area contributed by atoms with Gasteiger partial charge in [-0.3, -0.25) is 9.80 Å². The van der Waals surface area contributed by atoms with Crippen LogP contribution in [0.1, 0.15) is 0 Å². The van der Waals surface area contributed by atoms with Gasteiger partial charge >= 0.3 is 12.0 Å². The maximum absolute atomic E-state index is 6.42. The fourth-order valence-electron chi connectivity index (χ4n) is 6.96. The molecule has 0 radical (unpaired) electrons. The van der Waals surface area contributed by atoms with E-state index < -0.39 is 0 Å². The Hall–Kier alpha value is -6.66. The lowest BCUT2D eigenvalue weighted by molar-refractivity contribution is 0.608. The molecule has 6 heteroatoms. The third kappa shape index (κ3) is 4.06. The zero-order chi connectivity index (χ0) is 31.6. The summed E-state index contributed by atoms with van der Waals surface area (Å²) in [6.07, 6.45) is 0. The van der Waals surface area contributed by atoms with E-state index in [0.29, 0.717) is 12.0 Å². The predicted octanol–water partition coefficient (Wildman–Crippen LogP) is 11.8. The molecule has 0 bridgehead atoms. The van der Waals surface area contributed by atoms with Crippen molar-refractivity contribution in [1.82, 2.24) is 9.97 Å². The number of oxazole rings is 2. The van der Waals surface area contributed by atoms with Crippen LogP contribution in [0.15, 0.2) is 167 Å². The van der Waals surface area contributed by atoms with Gasteiger partial charge in [-0.2, -0.15) is 9.97 Å². The molecule has 0 saturated heterocycles. The summed E-state index contributed by atoms with van der Waals surface area (Å²) in [7, 11) is 0. The van der Waals surface area contributed by atoms with Crippen LogP contribution in [0.3, 0.4) is 0 Å². The van der Waals surface area contributed by atoms with E-state index in [-0.39, 0.29) is 0 Å². The van der Waals surface area contributed by atoms with Crippen molar-refractivity contribution in [2.24, 2.45) is 0 Å². The number of benzene rings is 8. The van der Waals surface area contributed by atoms with Gasteiger partial charge in [-0.25, -0.2) is 0 Å². The molecule has 0 atom stereocenters. The zero-order valence-electron chi connectivity index (χ0n) is 25.6. The highest BCUT2D eigenvalue weighted by Crippen LogP contribution is 2.49. The standard InChI is InChI=1S/C42H26N4O2/c1-3-15-29(16-4-1)45(41-43-33-21-7-9-23-37(33)47-41)35-25-27-13-12-20-32-36(26-28-14-11-19-31(35)39(28)40(27)32)46(30-17-5-2-6-18-30)42-44-34-22-8-10-24-38(34)48-42/h1-26H. The lowest BCUT2D eigenvalue weighted by Gasteiger charge is -2.27. The molecule has 226 valence electrons. The van der Waals surface area contributed by atoms with Crippen molar-refractivity contribution in [1.29, 1.82) is 0 Å². The van der Waals surface area contributed by atoms with Gasteiger partial charge in [0.1, 0.15) is 11.0 Å². The first-order valence-corrected chi connectivity index (χ1v) is 15.9. The number of hydrogen-bond acceptors (Lipinski definition) is 6. The van der Waals surface area contributed by atoms with E-state index in [9.17, 15) is 0 Å². The Morgan fingerprint density at radius 3 is 1.25 bits per heavy atom. The molecule has 2 aromatic heterocycles. The van der Waals surface area contributed by atoms with Crippen molar-refractivity contribution in [3.8, 4) is 0 Å². The summed E-state index contributed by atoms with van der Waals surface area (Å²) < 4.78 is 12.8. The molecule has 2 heterocycles. The van der Waals surface area contributed by atoms with Crippen LogP contribution >= 0.6 is 0 Å². The van der Waals surface area contributed by atoms with Gasteiger partial charge < -0.3 is 8.83 Å². The molecule has 0 aliphatic carbocycles. The normalized spacial score (nSPS) is 11.8. The van der Waals surface area contributed by atoms with E-state index in [1.165, 1.54) is 10.8 Å². The van der Waals surface area contributed by atoms with Crippen LogP contribution in [0.25, 0.3) is 54.5 Å². The van der Waals surface area contributed by atoms with Crippen LogP contribution in [-0.2, 0) is 0 Å². The maximum atomic E-state index is 6.42. The summed E-state index contributed by atoms with van der Waals surface area (Å²) in [6.45, 7) is 0. The highest BCUT2D eigenvalue weighted by atomic mass is 16.4. The van der Waals surface area contributed by atoms with Crippen molar-refractivity contribution in [2.45, 2.75) is 0 Å². The molecule has 48 heavy (non-hydrogen) atoms. The minimum absolute atomic E-state index is 0.518. The number of rotatable bonds is 6. The molecule has 0 amide bonds. The fraction of sp³-hybridized carbons (Fsp3) is 0. The van der Waals surface area contributed by atoms with Crippen LogP contribution in [-0.4, -0.2) is 9.97 Å². The second-order valence-corrected chi connectivity index (χ2v) is 11.9. The summed E-state index contributed by atoms with van der Waals surface area (Å²) in [4.78, 5) is 14.1. The van der Waals surface area contributed by atoms with Crippen LogP contribution in [0.5, 0.6) is 0 Å². The monoisotopic (exact) mass is 618 g/mol. The number of hydrogen-bond donors (Lipinski definition) is 0. The maximum Gasteiger partial charge on any atom is 0.307 e. The van der Waals surface area contributed by atoms with Crippen LogP contribution in [0, 0.1) is 0 Å². The molecule has 10 aromatic rings. The van der Waals surface area contributed by atoms with Crippen molar-refractivity contribution in [3.63, 3.8) is 0 Å². The van der Waals surface area contributed by atoms with Gasteiger partial charge in [0, 0.05) is 10.8 Å². The minimum atomic E-state index is 0.518. The van der Waals surface area contributed by atoms with Crippen molar-refractivity contribution in [2.75, 3.05) is 9.80 Å². The van der Waals surface area contributed by atoms with Crippen molar-refractivity contribution in [3.05, 3.63) is 158 Å². The Kier molecular flexibility index (Phi) is 5.77. The lowest BCUT2D eigenvalue weighted by atomic mass is 9.91. The van der Waals surface area contributed by atoms with Gasteiger partial charge in [-0.05, 0) is 82.2 Å². The molecule has 0 N–H and O–H groups in total. The first-order valence-electron chi connectivity index (χ1n) is 15.9. The van der Waals surface area contributed by atoms with Gasteiger partial charge in [-0.15, -0.1) is 0 Å². The molecule has 10 rings (SSSR count). The highest BCUT2D eigenvalue weighted by Gasteiger charge is 2.26. The summed E-state index contributed by atoms with van der Waals surface area (Å²) in [6, 6.07) is 54.9. The van der Waals surface area contributed by atoms with Gasteiger partial charge in [0.25, 0.3) is 0 Å². The molecule has 0 saturated carbocycles. The Morgan fingerprint density at radius 2 is 0.812 bits per heavy atom. The topological polar surface area (TPSA) is 58.5 Å². The molecule has 0 aliphatic heterocycles. The largest absolute Gasteiger partial charge is 0.423 e. The fourth-order valence-corrected chi connectivity index (χ4v) is 6.96. The van der Waals surface area contributed by atoms with E-state index in [0.717, 1.165) is 66.5 Å². The van der Waals surface area contributed by atoms with E-state index in [2.05, 4.69) is 82.6 Å². The first kappa shape index (κ1) is 26.5. The molecule has 0 unspecified atom stereocenters. The van der Waals surface area contributed by atoms with Gasteiger partial charge in [0.2, 0.25) is 0 Å². The minimum Gasteiger partial charge on any atom is -0.423 e. The second-order valence-electron chi connectivity index (χ2n) is 11.9. The number of anilines is 6. The van der Waals surface area contributed by atoms with E-state index >= 15 is 0 Å². The second kappa shape index (κ2) is 10.4. The Labute approximate surface area is 275 Å². The van der Waals surface area contributed by atoms with Gasteiger partial charge in [-0.1, -0.05) is 97.1 Å². The molecule has 8 aromatic carbocycles. The van der Waals surface area contributed by atoms with Gasteiger partial charge in [0.15, 0.2) is 11.2 Å². The molecule has 0 aliphatic rings. The quantitative estimate of drug-likeness (QED) is 0.173. The molecule has 0 spiro atoms. The summed E-state index contributed by atoms with van der Waals surface area (Å²) in [5.41, 5.74) is 7.03.